The predicted octanol–water partition coefficient (Wildman–Crippen LogP) is 4.75. The van der Waals surface area contributed by atoms with Gasteiger partial charge in [0.1, 0.15) is 5.76 Å². The maximum atomic E-state index is 13.7. The summed E-state index contributed by atoms with van der Waals surface area (Å²) in [6.07, 6.45) is 1.15. The maximum Gasteiger partial charge on any atom is 0.169 e. The van der Waals surface area contributed by atoms with E-state index in [4.69, 9.17) is 4.42 Å². The summed E-state index contributed by atoms with van der Waals surface area (Å²) in [5.74, 6) is 1.46. The Morgan fingerprint density at radius 1 is 1.35 bits per heavy atom. The molecule has 0 bridgehead atoms. The van der Waals surface area contributed by atoms with E-state index in [1.807, 2.05) is 23.9 Å². The van der Waals surface area contributed by atoms with Crippen molar-refractivity contribution in [2.45, 2.75) is 38.5 Å². The van der Waals surface area contributed by atoms with Crippen LogP contribution in [-0.4, -0.2) is 17.5 Å². The summed E-state index contributed by atoms with van der Waals surface area (Å²) < 4.78 is 19.4. The minimum absolute atomic E-state index is 0.130. The van der Waals surface area contributed by atoms with E-state index < -0.39 is 0 Å². The summed E-state index contributed by atoms with van der Waals surface area (Å²) in [6.45, 7) is 7.36. The summed E-state index contributed by atoms with van der Waals surface area (Å²) in [4.78, 5) is 0. The van der Waals surface area contributed by atoms with Gasteiger partial charge in [0.2, 0.25) is 0 Å². The summed E-state index contributed by atoms with van der Waals surface area (Å²) in [7, 11) is 0. The van der Waals surface area contributed by atoms with E-state index in [-0.39, 0.29) is 11.9 Å². The average molecular weight is 295 g/mol. The van der Waals surface area contributed by atoms with Gasteiger partial charge in [0.15, 0.2) is 11.4 Å². The highest BCUT2D eigenvalue weighted by Gasteiger charge is 2.18. The van der Waals surface area contributed by atoms with E-state index in [0.717, 1.165) is 29.9 Å². The lowest BCUT2D eigenvalue weighted by Crippen LogP contribution is -2.23. The second kappa shape index (κ2) is 7.14. The number of benzene rings is 1. The van der Waals surface area contributed by atoms with E-state index >= 15 is 0 Å². The Labute approximate surface area is 124 Å². The van der Waals surface area contributed by atoms with Crippen molar-refractivity contribution < 1.29 is 8.81 Å². The Morgan fingerprint density at radius 2 is 2.15 bits per heavy atom. The van der Waals surface area contributed by atoms with Crippen LogP contribution in [0.4, 0.5) is 4.39 Å². The van der Waals surface area contributed by atoms with Gasteiger partial charge in [0.05, 0.1) is 6.04 Å². The van der Waals surface area contributed by atoms with Crippen molar-refractivity contribution in [1.82, 2.24) is 5.32 Å². The number of para-hydroxylation sites is 1. The Balaban J connectivity index is 2.20. The first-order valence-electron chi connectivity index (χ1n) is 7.18. The molecule has 0 radical (unpaired) electrons. The zero-order valence-corrected chi connectivity index (χ0v) is 13.1. The van der Waals surface area contributed by atoms with Gasteiger partial charge in [-0.05, 0) is 25.1 Å². The quantitative estimate of drug-likeness (QED) is 0.797. The molecule has 1 heterocycles. The lowest BCUT2D eigenvalue weighted by Gasteiger charge is -2.17. The van der Waals surface area contributed by atoms with Crippen molar-refractivity contribution in [1.29, 1.82) is 0 Å². The Kier molecular flexibility index (Phi) is 5.49. The lowest BCUT2D eigenvalue weighted by molar-refractivity contribution is 0.453. The molecule has 2 aromatic rings. The normalized spacial score (nSPS) is 14.6. The van der Waals surface area contributed by atoms with Gasteiger partial charge in [-0.25, -0.2) is 4.39 Å². The van der Waals surface area contributed by atoms with Gasteiger partial charge in [0, 0.05) is 16.4 Å². The number of hydrogen-bond acceptors (Lipinski definition) is 3. The van der Waals surface area contributed by atoms with Crippen LogP contribution in [0.5, 0.6) is 0 Å². The van der Waals surface area contributed by atoms with Gasteiger partial charge in [-0.15, -0.1) is 0 Å². The van der Waals surface area contributed by atoms with Crippen molar-refractivity contribution in [2.24, 2.45) is 0 Å². The first kappa shape index (κ1) is 15.4. The van der Waals surface area contributed by atoms with Gasteiger partial charge < -0.3 is 9.73 Å². The number of furan rings is 1. The van der Waals surface area contributed by atoms with Crippen molar-refractivity contribution in [3.63, 3.8) is 0 Å². The van der Waals surface area contributed by atoms with Crippen LogP contribution in [0.2, 0.25) is 0 Å². The van der Waals surface area contributed by atoms with Crippen LogP contribution in [0.25, 0.3) is 11.0 Å². The summed E-state index contributed by atoms with van der Waals surface area (Å²) in [5, 5.41) is 4.87. The standard InChI is InChI=1S/C16H22FNOS/c1-4-11(3)20-10-14(18-5-2)15-9-12-7-6-8-13(17)16(12)19-15/h6-9,11,14,18H,4-5,10H2,1-3H3. The molecule has 2 unspecified atom stereocenters. The number of hydrogen-bond donors (Lipinski definition) is 1. The van der Waals surface area contributed by atoms with E-state index in [1.54, 1.807) is 6.07 Å². The predicted molar refractivity (Wildman–Crippen MR) is 84.8 cm³/mol. The Hall–Kier alpha value is -1.00. The van der Waals surface area contributed by atoms with Crippen molar-refractivity contribution in [2.75, 3.05) is 12.3 Å². The SMILES string of the molecule is CCNC(CSC(C)CC)c1cc2cccc(F)c2o1. The first-order chi connectivity index (χ1) is 9.65. The molecule has 0 aliphatic heterocycles. The molecule has 2 rings (SSSR count). The second-order valence-corrected chi connectivity index (χ2v) is 6.44. The van der Waals surface area contributed by atoms with Crippen molar-refractivity contribution in [3.8, 4) is 0 Å². The van der Waals surface area contributed by atoms with Crippen molar-refractivity contribution >= 4 is 22.7 Å². The minimum atomic E-state index is -0.293. The highest BCUT2D eigenvalue weighted by molar-refractivity contribution is 7.99. The highest BCUT2D eigenvalue weighted by atomic mass is 32.2. The van der Waals surface area contributed by atoms with Crippen molar-refractivity contribution in [3.05, 3.63) is 35.8 Å². The molecular formula is C16H22FNOS. The van der Waals surface area contributed by atoms with Crippen LogP contribution in [0.15, 0.2) is 28.7 Å². The third kappa shape index (κ3) is 3.55. The number of rotatable bonds is 7. The van der Waals surface area contributed by atoms with E-state index in [2.05, 4.69) is 26.1 Å². The Bertz CT molecular complexity index is 554. The summed E-state index contributed by atoms with van der Waals surface area (Å²) >= 11 is 1.92. The first-order valence-corrected chi connectivity index (χ1v) is 8.23. The van der Waals surface area contributed by atoms with Crippen LogP contribution >= 0.6 is 11.8 Å². The van der Waals surface area contributed by atoms with Gasteiger partial charge in [0.25, 0.3) is 0 Å². The molecular weight excluding hydrogens is 273 g/mol. The fourth-order valence-corrected chi connectivity index (χ4v) is 3.12. The van der Waals surface area contributed by atoms with E-state index in [1.165, 1.54) is 6.07 Å². The number of nitrogens with one attached hydrogen (secondary N) is 1. The zero-order valence-electron chi connectivity index (χ0n) is 12.3. The van der Waals surface area contributed by atoms with E-state index in [0.29, 0.717) is 10.8 Å². The van der Waals surface area contributed by atoms with Crippen LogP contribution in [0, 0.1) is 5.82 Å². The molecule has 0 aliphatic rings. The Morgan fingerprint density at radius 3 is 2.80 bits per heavy atom. The molecule has 1 N–H and O–H groups in total. The molecule has 1 aromatic heterocycles. The molecule has 2 atom stereocenters. The van der Waals surface area contributed by atoms with Crippen LogP contribution in [0.3, 0.4) is 0 Å². The third-order valence-electron chi connectivity index (χ3n) is 3.43. The maximum absolute atomic E-state index is 13.7. The molecule has 0 fully saturated rings. The second-order valence-electron chi connectivity index (χ2n) is 4.97. The summed E-state index contributed by atoms with van der Waals surface area (Å²) in [6, 6.07) is 7.11. The van der Waals surface area contributed by atoms with Crippen LogP contribution < -0.4 is 5.32 Å². The number of fused-ring (bicyclic) bond motifs is 1. The molecule has 0 aliphatic carbocycles. The number of halogens is 1. The van der Waals surface area contributed by atoms with E-state index in [9.17, 15) is 4.39 Å². The smallest absolute Gasteiger partial charge is 0.169 e. The molecule has 0 saturated heterocycles. The molecule has 110 valence electrons. The highest BCUT2D eigenvalue weighted by Crippen LogP contribution is 2.29. The van der Waals surface area contributed by atoms with Gasteiger partial charge in [-0.1, -0.05) is 32.9 Å². The van der Waals surface area contributed by atoms with Crippen LogP contribution in [-0.2, 0) is 0 Å². The molecule has 20 heavy (non-hydrogen) atoms. The van der Waals surface area contributed by atoms with Crippen LogP contribution in [0.1, 0.15) is 39.0 Å². The molecule has 0 spiro atoms. The molecule has 0 saturated carbocycles. The fraction of sp³-hybridized carbons (Fsp3) is 0.500. The fourth-order valence-electron chi connectivity index (χ4n) is 2.09. The molecule has 4 heteroatoms. The summed E-state index contributed by atoms with van der Waals surface area (Å²) in [5.41, 5.74) is 0.360. The monoisotopic (exact) mass is 295 g/mol. The molecule has 2 nitrogen and oxygen atoms in total. The van der Waals surface area contributed by atoms with Gasteiger partial charge in [-0.2, -0.15) is 11.8 Å². The average Bonchev–Trinajstić information content (AvgIpc) is 2.88. The topological polar surface area (TPSA) is 25.2 Å². The zero-order chi connectivity index (χ0) is 14.5. The number of thioether (sulfide) groups is 1. The lowest BCUT2D eigenvalue weighted by atomic mass is 10.2. The van der Waals surface area contributed by atoms with Gasteiger partial charge in [-0.3, -0.25) is 0 Å². The minimum Gasteiger partial charge on any atom is -0.456 e. The molecule has 1 aromatic carbocycles. The third-order valence-corrected chi connectivity index (χ3v) is 4.86. The van der Waals surface area contributed by atoms with Gasteiger partial charge >= 0.3 is 0 Å². The largest absolute Gasteiger partial charge is 0.456 e. The molecule has 0 amide bonds.